The summed E-state index contributed by atoms with van der Waals surface area (Å²) < 4.78 is 27.0. The van der Waals surface area contributed by atoms with Gasteiger partial charge >= 0.3 is 0 Å². The Morgan fingerprint density at radius 1 is 0.921 bits per heavy atom. The molecule has 0 aliphatic rings. The van der Waals surface area contributed by atoms with Crippen LogP contribution in [0.2, 0.25) is 5.02 Å². The maximum Gasteiger partial charge on any atom is 0.244 e. The van der Waals surface area contributed by atoms with Crippen molar-refractivity contribution in [2.24, 2.45) is 0 Å². The second kappa shape index (κ2) is 13.4. The fourth-order valence-electron chi connectivity index (χ4n) is 4.33. The Kier molecular flexibility index (Phi) is 10.3. The van der Waals surface area contributed by atoms with Crippen molar-refractivity contribution in [3.05, 3.63) is 101 Å². The van der Waals surface area contributed by atoms with Gasteiger partial charge in [-0.15, -0.1) is 0 Å². The van der Waals surface area contributed by atoms with Gasteiger partial charge in [0, 0.05) is 24.5 Å². The summed E-state index contributed by atoms with van der Waals surface area (Å²) in [5.74, 6) is -0.805. The summed E-state index contributed by atoms with van der Waals surface area (Å²) in [4.78, 5) is 28.8. The number of benzene rings is 3. The van der Waals surface area contributed by atoms with Gasteiger partial charge in [-0.1, -0.05) is 79.2 Å². The summed E-state index contributed by atoms with van der Waals surface area (Å²) in [6.45, 7) is 3.77. The van der Waals surface area contributed by atoms with Gasteiger partial charge in [-0.2, -0.15) is 0 Å². The summed E-state index contributed by atoms with van der Waals surface area (Å²) in [7, 11) is -3.81. The maximum atomic E-state index is 14.0. The predicted molar refractivity (Wildman–Crippen MR) is 153 cm³/mol. The Balaban J connectivity index is 2.06. The van der Waals surface area contributed by atoms with Gasteiger partial charge in [0.1, 0.15) is 12.6 Å². The van der Waals surface area contributed by atoms with Gasteiger partial charge < -0.3 is 10.2 Å². The van der Waals surface area contributed by atoms with Crippen molar-refractivity contribution in [3.8, 4) is 0 Å². The normalized spacial score (nSPS) is 12.0. The number of nitrogens with zero attached hydrogens (tertiary/aromatic N) is 2. The Hall–Kier alpha value is -3.36. The molecule has 7 nitrogen and oxygen atoms in total. The molecule has 0 radical (unpaired) electrons. The van der Waals surface area contributed by atoms with Gasteiger partial charge in [-0.25, -0.2) is 8.42 Å². The van der Waals surface area contributed by atoms with Gasteiger partial charge in [-0.05, 0) is 48.2 Å². The highest BCUT2D eigenvalue weighted by Crippen LogP contribution is 2.25. The Morgan fingerprint density at radius 3 is 2.21 bits per heavy atom. The van der Waals surface area contributed by atoms with Crippen molar-refractivity contribution in [1.82, 2.24) is 10.2 Å². The van der Waals surface area contributed by atoms with E-state index >= 15 is 0 Å². The average molecular weight is 556 g/mol. The zero-order chi connectivity index (χ0) is 27.7. The minimum absolute atomic E-state index is 0.0844. The van der Waals surface area contributed by atoms with Gasteiger partial charge in [0.15, 0.2) is 0 Å². The van der Waals surface area contributed by atoms with Crippen molar-refractivity contribution < 1.29 is 18.0 Å². The molecule has 0 saturated heterocycles. The van der Waals surface area contributed by atoms with E-state index in [1.165, 1.54) is 4.90 Å². The molecule has 2 amide bonds. The number of sulfonamides is 1. The second-order valence-corrected chi connectivity index (χ2v) is 11.3. The van der Waals surface area contributed by atoms with Crippen LogP contribution in [-0.4, -0.2) is 50.5 Å². The standard InChI is InChI=1S/C29H34ClN3O4S/c1-4-24-15-9-10-17-26(24)33(38(3,36)37)21-28(34)32(20-23-14-11-16-25(30)18-23)27(29(35)31-5-2)19-22-12-7-6-8-13-22/h6-18,27H,4-5,19-21H2,1-3H3,(H,31,35). The van der Waals surface area contributed by atoms with Crippen LogP contribution in [-0.2, 0) is 39.0 Å². The molecule has 0 heterocycles. The average Bonchev–Trinajstić information content (AvgIpc) is 2.89. The first-order valence-electron chi connectivity index (χ1n) is 12.5. The number of likely N-dealkylation sites (N-methyl/N-ethyl adjacent to an activating group) is 1. The number of amides is 2. The lowest BCUT2D eigenvalue weighted by Crippen LogP contribution is -2.53. The van der Waals surface area contributed by atoms with Crippen LogP contribution >= 0.6 is 11.6 Å². The van der Waals surface area contributed by atoms with Crippen molar-refractivity contribution in [3.63, 3.8) is 0 Å². The van der Waals surface area contributed by atoms with E-state index in [-0.39, 0.29) is 18.9 Å². The highest BCUT2D eigenvalue weighted by molar-refractivity contribution is 7.92. The third kappa shape index (κ3) is 7.82. The molecule has 1 unspecified atom stereocenters. The van der Waals surface area contributed by atoms with E-state index in [9.17, 15) is 18.0 Å². The smallest absolute Gasteiger partial charge is 0.244 e. The Bertz CT molecular complexity index is 1350. The number of para-hydroxylation sites is 1. The molecular formula is C29H34ClN3O4S. The molecule has 0 saturated carbocycles. The zero-order valence-corrected chi connectivity index (χ0v) is 23.5. The molecule has 0 spiro atoms. The van der Waals surface area contributed by atoms with Crippen LogP contribution in [0.3, 0.4) is 0 Å². The van der Waals surface area contributed by atoms with Crippen molar-refractivity contribution in [2.45, 2.75) is 39.3 Å². The summed E-state index contributed by atoms with van der Waals surface area (Å²) in [6, 6.07) is 22.7. The molecule has 0 aliphatic carbocycles. The van der Waals surface area contributed by atoms with E-state index in [1.807, 2.05) is 62.4 Å². The fourth-order valence-corrected chi connectivity index (χ4v) is 5.42. The van der Waals surface area contributed by atoms with Crippen LogP contribution in [0.15, 0.2) is 78.9 Å². The van der Waals surface area contributed by atoms with Crippen LogP contribution in [0.5, 0.6) is 0 Å². The first-order chi connectivity index (χ1) is 18.1. The van der Waals surface area contributed by atoms with Gasteiger partial charge in [0.05, 0.1) is 11.9 Å². The van der Waals surface area contributed by atoms with Crippen LogP contribution in [0.4, 0.5) is 5.69 Å². The molecule has 38 heavy (non-hydrogen) atoms. The zero-order valence-electron chi connectivity index (χ0n) is 21.9. The monoisotopic (exact) mass is 555 g/mol. The predicted octanol–water partition coefficient (Wildman–Crippen LogP) is 4.44. The number of anilines is 1. The third-order valence-electron chi connectivity index (χ3n) is 6.18. The minimum atomic E-state index is -3.81. The molecule has 0 bridgehead atoms. The second-order valence-electron chi connectivity index (χ2n) is 9.00. The molecular weight excluding hydrogens is 522 g/mol. The molecule has 3 aromatic rings. The summed E-state index contributed by atoms with van der Waals surface area (Å²) in [5, 5.41) is 3.34. The van der Waals surface area contributed by atoms with E-state index in [2.05, 4.69) is 5.32 Å². The molecule has 9 heteroatoms. The Labute approximate surface area is 230 Å². The third-order valence-corrected chi connectivity index (χ3v) is 7.55. The molecule has 3 rings (SSSR count). The molecule has 1 N–H and O–H groups in total. The number of rotatable bonds is 12. The largest absolute Gasteiger partial charge is 0.355 e. The summed E-state index contributed by atoms with van der Waals surface area (Å²) in [5.41, 5.74) is 2.86. The van der Waals surface area contributed by atoms with Crippen LogP contribution in [0.25, 0.3) is 0 Å². The first kappa shape index (κ1) is 29.2. The van der Waals surface area contributed by atoms with Crippen molar-refractivity contribution >= 4 is 39.1 Å². The SMILES string of the molecule is CCNC(=O)C(Cc1ccccc1)N(Cc1cccc(Cl)c1)C(=O)CN(c1ccccc1CC)S(C)(=O)=O. The molecule has 202 valence electrons. The van der Waals surface area contributed by atoms with Crippen molar-refractivity contribution in [2.75, 3.05) is 23.7 Å². The number of hydrogen-bond donors (Lipinski definition) is 1. The molecule has 0 aliphatic heterocycles. The van der Waals surface area contributed by atoms with E-state index in [4.69, 9.17) is 11.6 Å². The highest BCUT2D eigenvalue weighted by Gasteiger charge is 2.33. The van der Waals surface area contributed by atoms with Gasteiger partial charge in [0.25, 0.3) is 0 Å². The number of halogens is 1. The van der Waals surface area contributed by atoms with E-state index in [0.717, 1.165) is 27.3 Å². The first-order valence-corrected chi connectivity index (χ1v) is 14.8. The molecule has 1 atom stereocenters. The lowest BCUT2D eigenvalue weighted by Gasteiger charge is -2.34. The lowest BCUT2D eigenvalue weighted by atomic mass is 10.0. The number of carbonyl (C=O) groups excluding carboxylic acids is 2. The van der Waals surface area contributed by atoms with Gasteiger partial charge in [0.2, 0.25) is 21.8 Å². The van der Waals surface area contributed by atoms with Gasteiger partial charge in [-0.3, -0.25) is 13.9 Å². The quantitative estimate of drug-likeness (QED) is 0.358. The molecule has 3 aromatic carbocycles. The number of carbonyl (C=O) groups is 2. The summed E-state index contributed by atoms with van der Waals surface area (Å²) in [6.07, 6.45) is 1.95. The number of aryl methyl sites for hydroxylation is 1. The van der Waals surface area contributed by atoms with Crippen LogP contribution in [0, 0.1) is 0 Å². The van der Waals surface area contributed by atoms with Crippen LogP contribution in [0.1, 0.15) is 30.5 Å². The van der Waals surface area contributed by atoms with E-state index in [1.54, 1.807) is 30.3 Å². The highest BCUT2D eigenvalue weighted by atomic mass is 35.5. The molecule has 0 aromatic heterocycles. The molecule has 0 fully saturated rings. The maximum absolute atomic E-state index is 14.0. The number of nitrogens with one attached hydrogen (secondary N) is 1. The fraction of sp³-hybridized carbons (Fsp3) is 0.310. The van der Waals surface area contributed by atoms with E-state index in [0.29, 0.717) is 23.7 Å². The van der Waals surface area contributed by atoms with E-state index < -0.39 is 28.5 Å². The Morgan fingerprint density at radius 2 is 1.58 bits per heavy atom. The topological polar surface area (TPSA) is 86.8 Å². The summed E-state index contributed by atoms with van der Waals surface area (Å²) >= 11 is 6.22. The lowest BCUT2D eigenvalue weighted by molar-refractivity contribution is -0.140. The van der Waals surface area contributed by atoms with Crippen molar-refractivity contribution in [1.29, 1.82) is 0 Å². The minimum Gasteiger partial charge on any atom is -0.355 e. The number of hydrogen-bond acceptors (Lipinski definition) is 4. The van der Waals surface area contributed by atoms with Crippen LogP contribution < -0.4 is 9.62 Å².